The molecule has 0 spiro atoms. The summed E-state index contributed by atoms with van der Waals surface area (Å²) in [6.07, 6.45) is 9.53. The molecule has 124 valence electrons. The molecule has 0 fully saturated rings. The molecular formula is C21H18GeO3. The molecule has 3 heterocycles. The predicted octanol–water partition coefficient (Wildman–Crippen LogP) is 3.65. The van der Waals surface area contributed by atoms with E-state index in [-0.39, 0.29) is 0 Å². The molecule has 0 atom stereocenters. The number of hydrogen-bond donors (Lipinski definition) is 0. The van der Waals surface area contributed by atoms with E-state index in [0.717, 1.165) is 19.0 Å². The van der Waals surface area contributed by atoms with Gasteiger partial charge in [0.25, 0.3) is 0 Å². The number of furan rings is 3. The maximum atomic E-state index is 5.88. The van der Waals surface area contributed by atoms with Crippen LogP contribution in [0.2, 0.25) is 5.25 Å². The molecule has 0 amide bonds. The van der Waals surface area contributed by atoms with Crippen molar-refractivity contribution in [3.05, 3.63) is 97.2 Å². The van der Waals surface area contributed by atoms with Crippen molar-refractivity contribution in [2.24, 2.45) is 0 Å². The summed E-state index contributed by atoms with van der Waals surface area (Å²) in [4.78, 5) is 0. The summed E-state index contributed by atoms with van der Waals surface area (Å²) in [7, 11) is 0. The molecule has 0 aliphatic rings. The summed E-state index contributed by atoms with van der Waals surface area (Å²) in [5.41, 5.74) is 1.18. The summed E-state index contributed by atoms with van der Waals surface area (Å²) in [5.74, 6) is 0. The Kier molecular flexibility index (Phi) is 4.48. The molecule has 0 radical (unpaired) electrons. The van der Waals surface area contributed by atoms with Crippen LogP contribution in [0.3, 0.4) is 0 Å². The van der Waals surface area contributed by atoms with Crippen molar-refractivity contribution in [2.45, 2.75) is 5.25 Å². The predicted molar refractivity (Wildman–Crippen MR) is 101 cm³/mol. The molecular weight excluding hydrogens is 373 g/mol. The molecule has 25 heavy (non-hydrogen) atoms. The van der Waals surface area contributed by atoms with Gasteiger partial charge in [0.15, 0.2) is 0 Å². The Morgan fingerprint density at radius 2 is 1.16 bits per heavy atom. The molecule has 0 saturated carbocycles. The molecule has 0 aliphatic carbocycles. The minimum absolute atomic E-state index is 0.837. The van der Waals surface area contributed by atoms with Gasteiger partial charge in [-0.3, -0.25) is 0 Å². The van der Waals surface area contributed by atoms with Crippen molar-refractivity contribution >= 4 is 33.1 Å². The zero-order chi connectivity index (χ0) is 17.0. The fourth-order valence-electron chi connectivity index (χ4n) is 3.17. The van der Waals surface area contributed by atoms with Gasteiger partial charge in [-0.15, -0.1) is 0 Å². The van der Waals surface area contributed by atoms with E-state index in [1.807, 2.05) is 54.6 Å². The van der Waals surface area contributed by atoms with Crippen molar-refractivity contribution in [1.29, 1.82) is 0 Å². The van der Waals surface area contributed by atoms with Gasteiger partial charge in [-0.1, -0.05) is 0 Å². The van der Waals surface area contributed by atoms with Gasteiger partial charge in [-0.25, -0.2) is 0 Å². The van der Waals surface area contributed by atoms with E-state index >= 15 is 0 Å². The number of rotatable bonds is 6. The Hall–Kier alpha value is -2.66. The van der Waals surface area contributed by atoms with Crippen molar-refractivity contribution in [1.82, 2.24) is 0 Å². The third-order valence-electron chi connectivity index (χ3n) is 4.36. The van der Waals surface area contributed by atoms with Crippen LogP contribution in [0.1, 0.15) is 5.56 Å². The Balaban J connectivity index is 1.79. The van der Waals surface area contributed by atoms with E-state index in [1.54, 1.807) is 18.8 Å². The van der Waals surface area contributed by atoms with Gasteiger partial charge in [0.1, 0.15) is 0 Å². The first-order valence-electron chi connectivity index (χ1n) is 8.23. The van der Waals surface area contributed by atoms with Crippen LogP contribution in [-0.2, 0) is 0 Å². The van der Waals surface area contributed by atoms with Gasteiger partial charge in [-0.2, -0.15) is 0 Å². The average Bonchev–Trinajstić information content (AvgIpc) is 3.44. The maximum absolute atomic E-state index is 5.88. The van der Waals surface area contributed by atoms with Gasteiger partial charge in [0.05, 0.1) is 0 Å². The molecule has 3 nitrogen and oxygen atoms in total. The average molecular weight is 391 g/mol. The molecule has 4 aromatic rings. The van der Waals surface area contributed by atoms with Crippen molar-refractivity contribution in [3.8, 4) is 0 Å². The molecule has 0 unspecified atom stereocenters. The summed E-state index contributed by atoms with van der Waals surface area (Å²) in [6, 6.07) is 22.2. The molecule has 0 N–H and O–H groups in total. The van der Waals surface area contributed by atoms with Gasteiger partial charge in [0.2, 0.25) is 0 Å². The number of allylic oxidation sites excluding steroid dienone is 1. The number of benzene rings is 1. The van der Waals surface area contributed by atoms with E-state index in [1.165, 1.54) is 5.56 Å². The van der Waals surface area contributed by atoms with E-state index in [4.69, 9.17) is 13.3 Å². The monoisotopic (exact) mass is 392 g/mol. The quantitative estimate of drug-likeness (QED) is 0.472. The SMILES string of the molecule is C(=C\c1ccccc1)/[CH2][Ge]([c]1ccco1)([c]1ccco1)[c]1ccco1. The first kappa shape index (κ1) is 15.8. The van der Waals surface area contributed by atoms with Crippen LogP contribution in [-0.4, -0.2) is 13.3 Å². The van der Waals surface area contributed by atoms with Crippen LogP contribution < -0.4 is 13.8 Å². The Bertz CT molecular complexity index is 821. The van der Waals surface area contributed by atoms with Crippen LogP contribution in [0.4, 0.5) is 0 Å². The normalized spacial score (nSPS) is 12.0. The summed E-state index contributed by atoms with van der Waals surface area (Å²) in [6.45, 7) is 0. The summed E-state index contributed by atoms with van der Waals surface area (Å²) in [5, 5.41) is 0.837. The van der Waals surface area contributed by atoms with E-state index in [2.05, 4.69) is 24.3 Å². The third kappa shape index (κ3) is 3.03. The topological polar surface area (TPSA) is 39.4 Å². The standard InChI is InChI=1S/C21H18GeO3/c1-2-8-18(9-3-1)10-4-14-22(19-11-5-15-23-19,20-12-6-16-24-20)21-13-7-17-25-21/h1-13,15-17H,14H2/b10-4+. The van der Waals surface area contributed by atoms with Crippen LogP contribution in [0.15, 0.2) is 105 Å². The minimum atomic E-state index is -3.16. The zero-order valence-corrected chi connectivity index (χ0v) is 15.8. The van der Waals surface area contributed by atoms with E-state index in [9.17, 15) is 0 Å². The second kappa shape index (κ2) is 7.07. The van der Waals surface area contributed by atoms with Crippen LogP contribution in [0, 0.1) is 0 Å². The Morgan fingerprint density at radius 1 is 0.640 bits per heavy atom. The fraction of sp³-hybridized carbons (Fsp3) is 0.0476. The Morgan fingerprint density at radius 3 is 1.60 bits per heavy atom. The molecule has 0 saturated heterocycles. The first-order valence-corrected chi connectivity index (χ1v) is 12.9. The van der Waals surface area contributed by atoms with Gasteiger partial charge in [-0.05, 0) is 0 Å². The van der Waals surface area contributed by atoms with Gasteiger partial charge in [0, 0.05) is 0 Å². The molecule has 3 aromatic heterocycles. The van der Waals surface area contributed by atoms with Crippen LogP contribution in [0.25, 0.3) is 6.08 Å². The Labute approximate surface area is 148 Å². The number of hydrogen-bond acceptors (Lipinski definition) is 3. The molecule has 4 heteroatoms. The van der Waals surface area contributed by atoms with Crippen molar-refractivity contribution in [2.75, 3.05) is 0 Å². The van der Waals surface area contributed by atoms with Gasteiger partial charge < -0.3 is 0 Å². The third-order valence-corrected chi connectivity index (χ3v) is 13.2. The van der Waals surface area contributed by atoms with E-state index in [0.29, 0.717) is 0 Å². The second-order valence-electron chi connectivity index (χ2n) is 5.85. The molecule has 1 aromatic carbocycles. The van der Waals surface area contributed by atoms with Crippen LogP contribution >= 0.6 is 0 Å². The zero-order valence-electron chi connectivity index (χ0n) is 13.7. The van der Waals surface area contributed by atoms with E-state index < -0.39 is 13.3 Å². The first-order chi connectivity index (χ1) is 12.4. The summed E-state index contributed by atoms with van der Waals surface area (Å²) >= 11 is -3.16. The summed E-state index contributed by atoms with van der Waals surface area (Å²) < 4.78 is 20.6. The molecule has 4 rings (SSSR count). The van der Waals surface area contributed by atoms with Crippen LogP contribution in [0.5, 0.6) is 0 Å². The van der Waals surface area contributed by atoms with Gasteiger partial charge >= 0.3 is 149 Å². The second-order valence-corrected chi connectivity index (χ2v) is 13.6. The molecule has 0 bridgehead atoms. The van der Waals surface area contributed by atoms with Crippen molar-refractivity contribution < 1.29 is 13.3 Å². The fourth-order valence-corrected chi connectivity index (χ4v) is 11.0. The van der Waals surface area contributed by atoms with Crippen molar-refractivity contribution in [3.63, 3.8) is 0 Å². The molecule has 0 aliphatic heterocycles.